The van der Waals surface area contributed by atoms with E-state index in [1.54, 1.807) is 25.1 Å². The molecule has 0 aliphatic rings. The lowest BCUT2D eigenvalue weighted by Gasteiger charge is -2.00. The molecule has 0 atom stereocenters. The van der Waals surface area contributed by atoms with E-state index in [0.717, 1.165) is 0 Å². The van der Waals surface area contributed by atoms with Crippen molar-refractivity contribution in [3.63, 3.8) is 0 Å². The van der Waals surface area contributed by atoms with Crippen molar-refractivity contribution in [3.8, 4) is 11.8 Å². The molecule has 20 heavy (non-hydrogen) atoms. The fourth-order valence-corrected chi connectivity index (χ4v) is 1.54. The maximum Gasteiger partial charge on any atom is 0.339 e. The number of esters is 1. The molecule has 0 bridgehead atoms. The Bertz CT molecular complexity index is 686. The second-order valence-electron chi connectivity index (χ2n) is 3.94. The van der Waals surface area contributed by atoms with Crippen LogP contribution in [0.15, 0.2) is 42.7 Å². The quantitative estimate of drug-likeness (QED) is 0.621. The number of rotatable bonds is 2. The van der Waals surface area contributed by atoms with Gasteiger partial charge in [0.15, 0.2) is 0 Å². The summed E-state index contributed by atoms with van der Waals surface area (Å²) >= 11 is 0. The Hall–Kier alpha value is -2.67. The normalized spacial score (nSPS) is 9.50. The number of hydrogen-bond acceptors (Lipinski definition) is 3. The molecule has 100 valence electrons. The third-order valence-corrected chi connectivity index (χ3v) is 2.43. The maximum absolute atomic E-state index is 13.0. The number of hydrogen-bond donors (Lipinski definition) is 0. The molecule has 0 saturated heterocycles. The SMILES string of the molecule is CCOC(=O)c1cncc(C#Cc2cccc(F)c2)c1. The van der Waals surface area contributed by atoms with Crippen LogP contribution in [0.3, 0.4) is 0 Å². The summed E-state index contributed by atoms with van der Waals surface area (Å²) < 4.78 is 17.9. The van der Waals surface area contributed by atoms with Crippen LogP contribution in [0, 0.1) is 17.7 Å². The number of halogens is 1. The molecule has 0 aliphatic carbocycles. The number of ether oxygens (including phenoxy) is 1. The minimum atomic E-state index is -0.436. The minimum absolute atomic E-state index is 0.304. The van der Waals surface area contributed by atoms with Crippen LogP contribution in [-0.2, 0) is 4.74 Å². The van der Waals surface area contributed by atoms with Crippen molar-refractivity contribution in [1.82, 2.24) is 4.98 Å². The van der Waals surface area contributed by atoms with Crippen molar-refractivity contribution in [2.45, 2.75) is 6.92 Å². The zero-order valence-electron chi connectivity index (χ0n) is 10.9. The van der Waals surface area contributed by atoms with Gasteiger partial charge in [0, 0.05) is 23.5 Å². The summed E-state index contributed by atoms with van der Waals surface area (Å²) in [6.45, 7) is 2.04. The Morgan fingerprint density at radius 2 is 2.05 bits per heavy atom. The van der Waals surface area contributed by atoms with Crippen LogP contribution < -0.4 is 0 Å². The average molecular weight is 269 g/mol. The molecule has 0 unspecified atom stereocenters. The maximum atomic E-state index is 13.0. The van der Waals surface area contributed by atoms with Crippen molar-refractivity contribution < 1.29 is 13.9 Å². The van der Waals surface area contributed by atoms with Gasteiger partial charge in [-0.1, -0.05) is 17.9 Å². The number of pyridine rings is 1. The molecule has 1 aromatic carbocycles. The molecule has 0 fully saturated rings. The highest BCUT2D eigenvalue weighted by molar-refractivity contribution is 5.89. The van der Waals surface area contributed by atoms with Gasteiger partial charge in [-0.3, -0.25) is 4.98 Å². The summed E-state index contributed by atoms with van der Waals surface area (Å²) in [5.74, 6) is 4.88. The highest BCUT2D eigenvalue weighted by Crippen LogP contribution is 2.05. The summed E-state index contributed by atoms with van der Waals surface area (Å²) in [4.78, 5) is 15.5. The Morgan fingerprint density at radius 1 is 1.25 bits per heavy atom. The van der Waals surface area contributed by atoms with Gasteiger partial charge < -0.3 is 4.74 Å². The first-order valence-electron chi connectivity index (χ1n) is 6.09. The summed E-state index contributed by atoms with van der Waals surface area (Å²) in [6, 6.07) is 7.59. The molecule has 0 amide bonds. The number of benzene rings is 1. The second-order valence-corrected chi connectivity index (χ2v) is 3.94. The highest BCUT2D eigenvalue weighted by Gasteiger charge is 2.06. The van der Waals surface area contributed by atoms with Gasteiger partial charge in [-0.05, 0) is 31.2 Å². The summed E-state index contributed by atoms with van der Waals surface area (Å²) in [7, 11) is 0. The number of carbonyl (C=O) groups is 1. The van der Waals surface area contributed by atoms with Crippen molar-refractivity contribution in [2.75, 3.05) is 6.61 Å². The third kappa shape index (κ3) is 3.66. The predicted octanol–water partition coefficient (Wildman–Crippen LogP) is 2.80. The lowest BCUT2D eigenvalue weighted by Crippen LogP contribution is -2.05. The van der Waals surface area contributed by atoms with Gasteiger partial charge >= 0.3 is 5.97 Å². The van der Waals surface area contributed by atoms with E-state index >= 15 is 0 Å². The topological polar surface area (TPSA) is 39.2 Å². The molecule has 2 rings (SSSR count). The molecule has 4 heteroatoms. The largest absolute Gasteiger partial charge is 0.462 e. The number of aromatic nitrogens is 1. The second kappa shape index (κ2) is 6.48. The molecule has 1 aromatic heterocycles. The first kappa shape index (κ1) is 13.8. The van der Waals surface area contributed by atoms with E-state index in [2.05, 4.69) is 16.8 Å². The van der Waals surface area contributed by atoms with Crippen LogP contribution in [0.5, 0.6) is 0 Å². The lowest BCUT2D eigenvalue weighted by molar-refractivity contribution is 0.0526. The molecule has 2 aromatic rings. The molecular formula is C16H12FNO2. The number of carbonyl (C=O) groups excluding carboxylic acids is 1. The van der Waals surface area contributed by atoms with Crippen molar-refractivity contribution in [2.24, 2.45) is 0 Å². The molecule has 0 radical (unpaired) electrons. The fourth-order valence-electron chi connectivity index (χ4n) is 1.54. The molecular weight excluding hydrogens is 257 g/mol. The van der Waals surface area contributed by atoms with Crippen LogP contribution in [-0.4, -0.2) is 17.6 Å². The molecule has 1 heterocycles. The summed E-state index contributed by atoms with van der Waals surface area (Å²) in [6.07, 6.45) is 2.96. The van der Waals surface area contributed by atoms with Crippen molar-refractivity contribution in [1.29, 1.82) is 0 Å². The van der Waals surface area contributed by atoms with E-state index in [-0.39, 0.29) is 5.82 Å². The zero-order chi connectivity index (χ0) is 14.4. The van der Waals surface area contributed by atoms with Gasteiger partial charge in [0.2, 0.25) is 0 Å². The first-order valence-corrected chi connectivity index (χ1v) is 6.09. The van der Waals surface area contributed by atoms with Gasteiger partial charge in [-0.25, -0.2) is 9.18 Å². The molecule has 0 spiro atoms. The van der Waals surface area contributed by atoms with E-state index in [1.807, 2.05) is 0 Å². The van der Waals surface area contributed by atoms with Crippen LogP contribution in [0.4, 0.5) is 4.39 Å². The highest BCUT2D eigenvalue weighted by atomic mass is 19.1. The van der Waals surface area contributed by atoms with Crippen molar-refractivity contribution >= 4 is 5.97 Å². The molecule has 0 N–H and O–H groups in total. The molecule has 0 aliphatic heterocycles. The smallest absolute Gasteiger partial charge is 0.339 e. The first-order chi connectivity index (χ1) is 9.69. The van der Waals surface area contributed by atoms with E-state index in [1.165, 1.54) is 24.5 Å². The third-order valence-electron chi connectivity index (χ3n) is 2.43. The van der Waals surface area contributed by atoms with Gasteiger partial charge in [-0.15, -0.1) is 0 Å². The van der Waals surface area contributed by atoms with E-state index in [9.17, 15) is 9.18 Å². The monoisotopic (exact) mass is 269 g/mol. The summed E-state index contributed by atoms with van der Waals surface area (Å²) in [5, 5.41) is 0. The average Bonchev–Trinajstić information content (AvgIpc) is 2.46. The van der Waals surface area contributed by atoms with Gasteiger partial charge in [0.05, 0.1) is 12.2 Å². The lowest BCUT2D eigenvalue weighted by atomic mass is 10.2. The fraction of sp³-hybridized carbons (Fsp3) is 0.125. The van der Waals surface area contributed by atoms with E-state index in [4.69, 9.17) is 4.74 Å². The molecule has 3 nitrogen and oxygen atoms in total. The van der Waals surface area contributed by atoms with Gasteiger partial charge in [0.25, 0.3) is 0 Å². The van der Waals surface area contributed by atoms with Gasteiger partial charge in [-0.2, -0.15) is 0 Å². The standard InChI is InChI=1S/C16H12FNO2/c1-2-20-16(19)14-8-13(10-18-11-14)7-6-12-4-3-5-15(17)9-12/h3-5,8-11H,2H2,1H3. The van der Waals surface area contributed by atoms with E-state index in [0.29, 0.717) is 23.3 Å². The van der Waals surface area contributed by atoms with Gasteiger partial charge in [0.1, 0.15) is 5.82 Å². The van der Waals surface area contributed by atoms with Crippen molar-refractivity contribution in [3.05, 3.63) is 65.2 Å². The predicted molar refractivity (Wildman–Crippen MR) is 72.6 cm³/mol. The molecule has 0 saturated carbocycles. The van der Waals surface area contributed by atoms with Crippen LogP contribution in [0.1, 0.15) is 28.4 Å². The van der Waals surface area contributed by atoms with E-state index < -0.39 is 5.97 Å². The minimum Gasteiger partial charge on any atom is -0.462 e. The zero-order valence-corrected chi connectivity index (χ0v) is 10.9. The van der Waals surface area contributed by atoms with Crippen LogP contribution in [0.25, 0.3) is 0 Å². The Labute approximate surface area is 116 Å². The Morgan fingerprint density at radius 3 is 2.80 bits per heavy atom. The van der Waals surface area contributed by atoms with Crippen LogP contribution in [0.2, 0.25) is 0 Å². The Kier molecular flexibility index (Phi) is 4.46. The number of nitrogens with zero attached hydrogens (tertiary/aromatic N) is 1. The Balaban J connectivity index is 2.23. The van der Waals surface area contributed by atoms with Crippen LogP contribution >= 0.6 is 0 Å². The summed E-state index contributed by atoms with van der Waals surface area (Å²) in [5.41, 5.74) is 1.48.